The number of hydrogen-bond acceptors (Lipinski definition) is 3. The van der Waals surface area contributed by atoms with E-state index in [4.69, 9.17) is 11.3 Å². The number of ether oxygens (including phenoxy) is 1. The van der Waals surface area contributed by atoms with Crippen molar-refractivity contribution in [3.05, 3.63) is 41.4 Å². The molecule has 1 atom stereocenters. The van der Waals surface area contributed by atoms with E-state index in [0.29, 0.717) is 41.2 Å². The summed E-state index contributed by atoms with van der Waals surface area (Å²) in [5.41, 5.74) is 6.59. The van der Waals surface area contributed by atoms with Gasteiger partial charge in [-0.2, -0.15) is 0 Å². The van der Waals surface area contributed by atoms with Crippen LogP contribution in [0.2, 0.25) is 16.6 Å². The molecule has 0 bridgehead atoms. The first-order chi connectivity index (χ1) is 15.2. The van der Waals surface area contributed by atoms with Crippen LogP contribution in [0.5, 0.6) is 5.88 Å². The van der Waals surface area contributed by atoms with Crippen molar-refractivity contribution in [1.82, 2.24) is 10.3 Å². The van der Waals surface area contributed by atoms with Crippen LogP contribution in [0.1, 0.15) is 59.9 Å². The second-order valence-electron chi connectivity index (χ2n) is 9.58. The molecule has 1 aliphatic rings. The van der Waals surface area contributed by atoms with Gasteiger partial charge < -0.3 is 10.1 Å². The average Bonchev–Trinajstić information content (AvgIpc) is 3.16. The fourth-order valence-electron chi connectivity index (χ4n) is 5.08. The number of fused-ring (bicyclic) bond motifs is 1. The van der Waals surface area contributed by atoms with Crippen LogP contribution in [0.25, 0.3) is 15.6 Å². The zero-order chi connectivity index (χ0) is 23.5. The quantitative estimate of drug-likeness (QED) is 0.335. The van der Waals surface area contributed by atoms with E-state index in [0.717, 1.165) is 22.8 Å². The van der Waals surface area contributed by atoms with Crippen molar-refractivity contribution in [3.63, 3.8) is 0 Å². The zero-order valence-electron chi connectivity index (χ0n) is 20.0. The van der Waals surface area contributed by atoms with Crippen molar-refractivity contribution in [1.29, 1.82) is 0 Å². The lowest BCUT2D eigenvalue weighted by atomic mass is 10.1. The topological polar surface area (TPSA) is 55.6 Å². The summed E-state index contributed by atoms with van der Waals surface area (Å²) in [4.78, 5) is 19.6. The molecule has 32 heavy (non-hydrogen) atoms. The molecule has 1 aliphatic heterocycles. The molecule has 3 rings (SSSR count). The number of aromatic nitrogens is 1. The summed E-state index contributed by atoms with van der Waals surface area (Å²) in [6.07, 6.45) is 3.00. The van der Waals surface area contributed by atoms with Crippen molar-refractivity contribution in [2.45, 2.75) is 77.0 Å². The zero-order valence-corrected chi connectivity index (χ0v) is 21.0. The number of benzene rings is 1. The SMILES string of the molecule is [C-]#[N+]c1cc2ccnc(OC[C@@H]3CCC(=O)N3)c2cc1C#C[Si](C(C)C)(C(C)C)C(C)C. The maximum atomic E-state index is 11.5. The lowest BCUT2D eigenvalue weighted by Crippen LogP contribution is -2.43. The van der Waals surface area contributed by atoms with E-state index in [1.807, 2.05) is 18.2 Å². The number of carbonyl (C=O) groups excluding carboxylic acids is 1. The van der Waals surface area contributed by atoms with Crippen LogP contribution in [-0.2, 0) is 4.79 Å². The maximum Gasteiger partial charge on any atom is 0.221 e. The third kappa shape index (κ3) is 4.66. The molecular weight excluding hydrogens is 414 g/mol. The minimum atomic E-state index is -1.92. The van der Waals surface area contributed by atoms with Gasteiger partial charge in [-0.25, -0.2) is 9.83 Å². The predicted octanol–water partition coefficient (Wildman–Crippen LogP) is 6.01. The molecule has 2 heterocycles. The Balaban J connectivity index is 2.03. The number of amides is 1. The standard InChI is InChI=1S/C26H33N3O2Si/c1-17(2)32(18(3)4,19(5)6)13-11-21-14-23-20(15-24(21)27-7)10-12-28-26(23)31-16-22-8-9-25(30)29-22/h10,12,14-15,17-19,22H,8-9,16H2,1-6H3,(H,29,30)/t22-/m0/s1. The summed E-state index contributed by atoms with van der Waals surface area (Å²) >= 11 is 0. The van der Waals surface area contributed by atoms with Gasteiger partial charge in [0.2, 0.25) is 17.5 Å². The number of nitrogens with one attached hydrogen (secondary N) is 1. The molecule has 1 amide bonds. The summed E-state index contributed by atoms with van der Waals surface area (Å²) in [5.74, 6) is 4.01. The lowest BCUT2D eigenvalue weighted by molar-refractivity contribution is -0.119. The summed E-state index contributed by atoms with van der Waals surface area (Å²) in [5, 5.41) is 4.67. The average molecular weight is 448 g/mol. The van der Waals surface area contributed by atoms with Gasteiger partial charge in [0.25, 0.3) is 0 Å². The van der Waals surface area contributed by atoms with Gasteiger partial charge in [0.05, 0.1) is 12.6 Å². The number of hydrogen-bond donors (Lipinski definition) is 1. The Hall–Kier alpha value is -2.83. The van der Waals surface area contributed by atoms with E-state index in [1.54, 1.807) is 6.20 Å². The summed E-state index contributed by atoms with van der Waals surface area (Å²) in [7, 11) is -1.92. The molecule has 1 saturated heterocycles. The van der Waals surface area contributed by atoms with Gasteiger partial charge in [0.15, 0.2) is 0 Å². The van der Waals surface area contributed by atoms with Crippen molar-refractivity contribution in [2.24, 2.45) is 0 Å². The van der Waals surface area contributed by atoms with Gasteiger partial charge in [-0.15, -0.1) is 5.54 Å². The highest BCUT2D eigenvalue weighted by Gasteiger charge is 2.41. The molecule has 5 nitrogen and oxygen atoms in total. The van der Waals surface area contributed by atoms with Crippen LogP contribution >= 0.6 is 0 Å². The minimum absolute atomic E-state index is 0.0103. The van der Waals surface area contributed by atoms with E-state index in [-0.39, 0.29) is 11.9 Å². The molecule has 1 aromatic carbocycles. The summed E-state index contributed by atoms with van der Waals surface area (Å²) in [6, 6.07) is 5.73. The second kappa shape index (κ2) is 9.75. The van der Waals surface area contributed by atoms with E-state index in [9.17, 15) is 4.79 Å². The molecule has 0 radical (unpaired) electrons. The van der Waals surface area contributed by atoms with Gasteiger partial charge in [0.1, 0.15) is 14.7 Å². The Morgan fingerprint density at radius 2 is 1.91 bits per heavy atom. The Morgan fingerprint density at radius 1 is 1.22 bits per heavy atom. The molecule has 0 saturated carbocycles. The maximum absolute atomic E-state index is 11.5. The van der Waals surface area contributed by atoms with Crippen molar-refractivity contribution in [2.75, 3.05) is 6.61 Å². The van der Waals surface area contributed by atoms with Crippen molar-refractivity contribution in [3.8, 4) is 17.3 Å². The Labute approximate surface area is 192 Å². The highest BCUT2D eigenvalue weighted by atomic mass is 28.3. The fourth-order valence-corrected chi connectivity index (χ4v) is 10.3. The van der Waals surface area contributed by atoms with Crippen LogP contribution in [0.3, 0.4) is 0 Å². The molecule has 0 spiro atoms. The second-order valence-corrected chi connectivity index (χ2v) is 15.2. The highest BCUT2D eigenvalue weighted by molar-refractivity contribution is 6.90. The van der Waals surface area contributed by atoms with Crippen LogP contribution < -0.4 is 10.1 Å². The van der Waals surface area contributed by atoms with Crippen molar-refractivity contribution < 1.29 is 9.53 Å². The molecule has 0 unspecified atom stereocenters. The van der Waals surface area contributed by atoms with E-state index in [1.165, 1.54) is 0 Å². The first-order valence-corrected chi connectivity index (χ1v) is 13.7. The Morgan fingerprint density at radius 3 is 2.47 bits per heavy atom. The normalized spacial score (nSPS) is 16.2. The molecule has 2 aromatic rings. The van der Waals surface area contributed by atoms with Gasteiger partial charge in [-0.1, -0.05) is 47.5 Å². The first-order valence-electron chi connectivity index (χ1n) is 11.4. The Bertz CT molecular complexity index is 1080. The number of pyridine rings is 1. The fraction of sp³-hybridized carbons (Fsp3) is 0.500. The van der Waals surface area contributed by atoms with Crippen molar-refractivity contribution >= 4 is 30.4 Å². The van der Waals surface area contributed by atoms with Crippen LogP contribution in [0.4, 0.5) is 5.69 Å². The minimum Gasteiger partial charge on any atom is -0.475 e. The summed E-state index contributed by atoms with van der Waals surface area (Å²) < 4.78 is 6.00. The number of nitrogens with zero attached hydrogens (tertiary/aromatic N) is 2. The molecular formula is C26H33N3O2Si. The molecule has 168 valence electrons. The molecule has 6 heteroatoms. The largest absolute Gasteiger partial charge is 0.475 e. The molecule has 1 aromatic heterocycles. The smallest absolute Gasteiger partial charge is 0.221 e. The van der Waals surface area contributed by atoms with E-state index >= 15 is 0 Å². The molecule has 1 N–H and O–H groups in total. The lowest BCUT2D eigenvalue weighted by Gasteiger charge is -2.38. The third-order valence-electron chi connectivity index (χ3n) is 6.75. The van der Waals surface area contributed by atoms with Crippen LogP contribution in [0, 0.1) is 18.0 Å². The number of rotatable bonds is 6. The highest BCUT2D eigenvalue weighted by Crippen LogP contribution is 2.41. The van der Waals surface area contributed by atoms with Gasteiger partial charge in [-0.3, -0.25) is 4.79 Å². The van der Waals surface area contributed by atoms with E-state index in [2.05, 4.69) is 68.2 Å². The van der Waals surface area contributed by atoms with Gasteiger partial charge in [-0.05, 0) is 46.6 Å². The van der Waals surface area contributed by atoms with Gasteiger partial charge >= 0.3 is 0 Å². The first kappa shape index (κ1) is 23.8. The predicted molar refractivity (Wildman–Crippen MR) is 133 cm³/mol. The Kier molecular flexibility index (Phi) is 7.26. The summed E-state index contributed by atoms with van der Waals surface area (Å²) in [6.45, 7) is 21.8. The van der Waals surface area contributed by atoms with E-state index < -0.39 is 8.07 Å². The van der Waals surface area contributed by atoms with Crippen LogP contribution in [-0.4, -0.2) is 31.6 Å². The number of carbonyl (C=O) groups is 1. The third-order valence-corrected chi connectivity index (χ3v) is 13.0. The van der Waals surface area contributed by atoms with Gasteiger partial charge in [0, 0.05) is 23.6 Å². The molecule has 1 fully saturated rings. The van der Waals surface area contributed by atoms with Crippen LogP contribution in [0.15, 0.2) is 24.4 Å². The monoisotopic (exact) mass is 447 g/mol. The molecule has 0 aliphatic carbocycles.